The number of benzene rings is 5. The Morgan fingerprint density at radius 2 is 0.909 bits per heavy atom. The van der Waals surface area contributed by atoms with Crippen molar-refractivity contribution >= 4 is 46.4 Å². The third-order valence-electron chi connectivity index (χ3n) is 7.92. The number of ether oxygens (including phenoxy) is 1. The van der Waals surface area contributed by atoms with E-state index >= 15 is 0 Å². The Hall–Kier alpha value is -6.22. The third-order valence-corrected chi connectivity index (χ3v) is 7.92. The van der Waals surface area contributed by atoms with E-state index in [1.165, 1.54) is 25.3 Å². The topological polar surface area (TPSA) is 136 Å². The number of rotatable bonds is 5. The normalized spacial score (nSPS) is 13.8. The second kappa shape index (κ2) is 9.95. The number of fused-ring (bicyclic) bond motifs is 2. The minimum Gasteiger partial charge on any atom is -0.494 e. The summed E-state index contributed by atoms with van der Waals surface area (Å²) in [6, 6.07) is 29.1. The Morgan fingerprint density at radius 3 is 1.41 bits per heavy atom. The van der Waals surface area contributed by atoms with Crippen LogP contribution in [0, 0.1) is 0 Å². The zero-order valence-electron chi connectivity index (χ0n) is 23.4. The van der Waals surface area contributed by atoms with Crippen molar-refractivity contribution in [3.05, 3.63) is 125 Å². The largest absolute Gasteiger partial charge is 0.494 e. The molecule has 2 heterocycles. The quantitative estimate of drug-likeness (QED) is 0.198. The molecular weight excluding hydrogens is 556 g/mol. The first-order valence-corrected chi connectivity index (χ1v) is 13.7. The van der Waals surface area contributed by atoms with Crippen LogP contribution in [-0.2, 0) is 0 Å². The third kappa shape index (κ3) is 4.10. The van der Waals surface area contributed by atoms with Gasteiger partial charge in [0.1, 0.15) is 5.75 Å². The molecule has 9 heteroatoms. The van der Waals surface area contributed by atoms with Crippen molar-refractivity contribution in [1.29, 1.82) is 0 Å². The zero-order chi connectivity index (χ0) is 30.7. The van der Waals surface area contributed by atoms with Crippen LogP contribution in [0.1, 0.15) is 41.4 Å². The minimum absolute atomic E-state index is 0.148. The Morgan fingerprint density at radius 1 is 0.477 bits per heavy atom. The van der Waals surface area contributed by atoms with Crippen molar-refractivity contribution in [3.8, 4) is 28.0 Å². The molecule has 4 amide bonds. The van der Waals surface area contributed by atoms with Crippen molar-refractivity contribution in [2.24, 2.45) is 0 Å². The summed E-state index contributed by atoms with van der Waals surface area (Å²) < 4.78 is 5.57. The average Bonchev–Trinajstić information content (AvgIpc) is 3.44. The van der Waals surface area contributed by atoms with Gasteiger partial charge in [-0.25, -0.2) is 9.80 Å². The van der Waals surface area contributed by atoms with Crippen LogP contribution in [-0.4, -0.2) is 30.7 Å². The summed E-state index contributed by atoms with van der Waals surface area (Å²) in [5, 5.41) is 0. The van der Waals surface area contributed by atoms with Crippen LogP contribution < -0.4 is 26.0 Å². The number of imide groups is 2. The van der Waals surface area contributed by atoms with E-state index in [0.717, 1.165) is 32.1 Å². The number of anilines is 4. The Bertz CT molecular complexity index is 2050. The minimum atomic E-state index is -0.510. The number of hydrogen-bond donors (Lipinski definition) is 2. The summed E-state index contributed by atoms with van der Waals surface area (Å²) in [7, 11) is 1.39. The fraction of sp³-hybridized carbons (Fsp3) is 0.0286. The number of carbonyl (C=O) groups is 4. The summed E-state index contributed by atoms with van der Waals surface area (Å²) >= 11 is 0. The molecular formula is C35H24N4O5. The Balaban J connectivity index is 1.20. The van der Waals surface area contributed by atoms with Gasteiger partial charge in [-0.2, -0.15) is 0 Å². The lowest BCUT2D eigenvalue weighted by Crippen LogP contribution is -2.31. The maximum absolute atomic E-state index is 13.6. The summed E-state index contributed by atoms with van der Waals surface area (Å²) in [6.45, 7) is 0. The molecule has 0 radical (unpaired) electrons. The molecule has 2 aliphatic rings. The number of carbonyl (C=O) groups excluding carboxylic acids is 4. The van der Waals surface area contributed by atoms with Gasteiger partial charge in [-0.1, -0.05) is 36.4 Å². The second-order valence-corrected chi connectivity index (χ2v) is 10.5. The highest BCUT2D eigenvalue weighted by Gasteiger charge is 2.40. The molecule has 0 bridgehead atoms. The van der Waals surface area contributed by atoms with Crippen LogP contribution in [0.2, 0.25) is 0 Å². The maximum Gasteiger partial charge on any atom is 0.266 e. The highest BCUT2D eigenvalue weighted by molar-refractivity contribution is 6.36. The fourth-order valence-corrected chi connectivity index (χ4v) is 5.64. The predicted octanol–water partition coefficient (Wildman–Crippen LogP) is 5.79. The Kier molecular flexibility index (Phi) is 6.03. The molecule has 0 saturated carbocycles. The van der Waals surface area contributed by atoms with Gasteiger partial charge in [0, 0.05) is 17.4 Å². The molecule has 0 aliphatic carbocycles. The standard InChI is InChI=1S/C35H24N4O5/c1-44-31-18-25(38-32(40)26-13-6-21(16-28(26)34(38)42)19-2-8-23(36)9-3-19)12-15-30(31)39-33(41)27-14-7-22(17-29(27)35(39)43)20-4-10-24(37)11-5-20/h2-18H,36-37H2,1H3. The van der Waals surface area contributed by atoms with Crippen LogP contribution in [0.4, 0.5) is 22.7 Å². The number of nitrogens with zero attached hydrogens (tertiary/aromatic N) is 2. The average molecular weight is 581 g/mol. The molecule has 214 valence electrons. The second-order valence-electron chi connectivity index (χ2n) is 10.5. The van der Waals surface area contributed by atoms with E-state index in [1.54, 1.807) is 60.7 Å². The highest BCUT2D eigenvalue weighted by Crippen LogP contribution is 2.40. The first-order valence-electron chi connectivity index (χ1n) is 13.7. The lowest BCUT2D eigenvalue weighted by molar-refractivity contribution is 0.0908. The molecule has 4 N–H and O–H groups in total. The monoisotopic (exact) mass is 580 g/mol. The maximum atomic E-state index is 13.6. The van der Waals surface area contributed by atoms with Crippen molar-refractivity contribution in [2.45, 2.75) is 0 Å². The van der Waals surface area contributed by atoms with E-state index in [0.29, 0.717) is 11.4 Å². The van der Waals surface area contributed by atoms with E-state index in [2.05, 4.69) is 0 Å². The molecule has 0 spiro atoms. The summed E-state index contributed by atoms with van der Waals surface area (Å²) in [4.78, 5) is 56.0. The molecule has 0 atom stereocenters. The van der Waals surface area contributed by atoms with Gasteiger partial charge in [-0.3, -0.25) is 19.2 Å². The fourth-order valence-electron chi connectivity index (χ4n) is 5.64. The predicted molar refractivity (Wildman–Crippen MR) is 168 cm³/mol. The van der Waals surface area contributed by atoms with Gasteiger partial charge in [-0.15, -0.1) is 0 Å². The SMILES string of the molecule is COc1cc(N2C(=O)c3ccc(-c4ccc(N)cc4)cc3C2=O)ccc1N1C(=O)c2ccc(-c3ccc(N)cc3)cc2C1=O. The number of nitrogen functional groups attached to an aromatic ring is 2. The molecule has 0 unspecified atom stereocenters. The summed E-state index contributed by atoms with van der Waals surface area (Å²) in [6.07, 6.45) is 0. The molecule has 2 aliphatic heterocycles. The lowest BCUT2D eigenvalue weighted by Gasteiger charge is -2.20. The Labute approximate surface area is 251 Å². The van der Waals surface area contributed by atoms with E-state index in [9.17, 15) is 19.2 Å². The van der Waals surface area contributed by atoms with Gasteiger partial charge in [-0.05, 0) is 82.9 Å². The number of methoxy groups -OCH3 is 1. The number of hydrogen-bond acceptors (Lipinski definition) is 7. The van der Waals surface area contributed by atoms with E-state index in [4.69, 9.17) is 16.2 Å². The number of nitrogens with two attached hydrogens (primary N) is 2. The first-order chi connectivity index (χ1) is 21.2. The van der Waals surface area contributed by atoms with Crippen LogP contribution >= 0.6 is 0 Å². The molecule has 7 rings (SSSR count). The van der Waals surface area contributed by atoms with E-state index < -0.39 is 23.6 Å². The van der Waals surface area contributed by atoms with Crippen LogP contribution in [0.5, 0.6) is 5.75 Å². The van der Waals surface area contributed by atoms with Gasteiger partial charge in [0.25, 0.3) is 23.6 Å². The van der Waals surface area contributed by atoms with E-state index in [1.807, 2.05) is 24.3 Å². The van der Waals surface area contributed by atoms with Crippen molar-refractivity contribution in [2.75, 3.05) is 28.4 Å². The summed E-state index contributed by atoms with van der Waals surface area (Å²) in [5.41, 5.74) is 17.6. The first kappa shape index (κ1) is 26.7. The van der Waals surface area contributed by atoms with Crippen molar-refractivity contribution in [3.63, 3.8) is 0 Å². The van der Waals surface area contributed by atoms with Gasteiger partial charge in [0.2, 0.25) is 0 Å². The van der Waals surface area contributed by atoms with Gasteiger partial charge < -0.3 is 16.2 Å². The smallest absolute Gasteiger partial charge is 0.266 e. The van der Waals surface area contributed by atoms with E-state index in [-0.39, 0.29) is 39.4 Å². The molecule has 0 fully saturated rings. The molecule has 5 aromatic rings. The summed E-state index contributed by atoms with van der Waals surface area (Å²) in [5.74, 6) is -1.84. The molecule has 9 nitrogen and oxygen atoms in total. The molecule has 44 heavy (non-hydrogen) atoms. The van der Waals surface area contributed by atoms with Crippen LogP contribution in [0.3, 0.4) is 0 Å². The van der Waals surface area contributed by atoms with Gasteiger partial charge in [0.15, 0.2) is 0 Å². The molecule has 5 aromatic carbocycles. The van der Waals surface area contributed by atoms with Crippen molar-refractivity contribution in [1.82, 2.24) is 0 Å². The van der Waals surface area contributed by atoms with Crippen LogP contribution in [0.25, 0.3) is 22.3 Å². The van der Waals surface area contributed by atoms with Crippen LogP contribution in [0.15, 0.2) is 103 Å². The highest BCUT2D eigenvalue weighted by atomic mass is 16.5. The van der Waals surface area contributed by atoms with Gasteiger partial charge >= 0.3 is 0 Å². The van der Waals surface area contributed by atoms with Crippen molar-refractivity contribution < 1.29 is 23.9 Å². The molecule has 0 aromatic heterocycles. The number of amides is 4. The molecule has 0 saturated heterocycles. The lowest BCUT2D eigenvalue weighted by atomic mass is 10.00. The van der Waals surface area contributed by atoms with Gasteiger partial charge in [0.05, 0.1) is 40.7 Å². The zero-order valence-corrected chi connectivity index (χ0v) is 23.4.